The first-order valence-corrected chi connectivity index (χ1v) is 11.2. The van der Waals surface area contributed by atoms with Crippen LogP contribution in [0.2, 0.25) is 0 Å². The molecule has 1 amide bonds. The third-order valence-corrected chi connectivity index (χ3v) is 5.86. The van der Waals surface area contributed by atoms with Crippen LogP contribution in [-0.2, 0) is 0 Å². The fraction of sp³-hybridized carbons (Fsp3) is 0.107. The van der Waals surface area contributed by atoms with Gasteiger partial charge in [0.05, 0.1) is 17.9 Å². The van der Waals surface area contributed by atoms with Crippen LogP contribution in [0.25, 0.3) is 16.9 Å². The number of hydrogen-bond donors (Lipinski definition) is 1. The number of nitrogens with one attached hydrogen (secondary N) is 1. The average molecular weight is 469 g/mol. The summed E-state index contributed by atoms with van der Waals surface area (Å²) in [6, 6.07) is 27.4. The van der Waals surface area contributed by atoms with Gasteiger partial charge in [0.25, 0.3) is 12.3 Å². The SMILES string of the molecule is Cc1ccc(-c2cc(C(F)F)n3ncc(C(=O)NC(c4ccccc4)c4ccccc4)c3n2)cc1. The van der Waals surface area contributed by atoms with Crippen LogP contribution in [0.1, 0.15) is 45.2 Å². The van der Waals surface area contributed by atoms with E-state index in [1.165, 1.54) is 12.3 Å². The Hall–Kier alpha value is -4.39. The lowest BCUT2D eigenvalue weighted by molar-refractivity contribution is 0.0944. The van der Waals surface area contributed by atoms with Crippen molar-refractivity contribution in [1.82, 2.24) is 19.9 Å². The van der Waals surface area contributed by atoms with Crippen LogP contribution in [0.5, 0.6) is 0 Å². The van der Waals surface area contributed by atoms with Gasteiger partial charge in [-0.05, 0) is 24.1 Å². The molecule has 0 fully saturated rings. The maximum absolute atomic E-state index is 13.9. The molecule has 0 aliphatic rings. The van der Waals surface area contributed by atoms with Crippen molar-refractivity contribution in [2.45, 2.75) is 19.4 Å². The molecule has 0 unspecified atom stereocenters. The maximum atomic E-state index is 13.9. The Kier molecular flexibility index (Phi) is 6.06. The molecule has 0 aliphatic carbocycles. The van der Waals surface area contributed by atoms with E-state index in [1.807, 2.05) is 91.9 Å². The number of halogens is 2. The number of rotatable bonds is 6. The zero-order chi connectivity index (χ0) is 24.4. The molecule has 0 aliphatic heterocycles. The Labute approximate surface area is 201 Å². The second-order valence-electron chi connectivity index (χ2n) is 8.25. The molecular weight excluding hydrogens is 446 g/mol. The Morgan fingerprint density at radius 2 is 1.49 bits per heavy atom. The Morgan fingerprint density at radius 3 is 2.06 bits per heavy atom. The van der Waals surface area contributed by atoms with E-state index in [0.717, 1.165) is 21.2 Å². The molecule has 0 saturated carbocycles. The highest BCUT2D eigenvalue weighted by atomic mass is 19.3. The van der Waals surface area contributed by atoms with Crippen LogP contribution < -0.4 is 5.32 Å². The molecule has 3 aromatic carbocycles. The van der Waals surface area contributed by atoms with Gasteiger partial charge in [-0.15, -0.1) is 0 Å². The smallest absolute Gasteiger partial charge is 0.280 e. The molecule has 5 rings (SSSR count). The van der Waals surface area contributed by atoms with Gasteiger partial charge in [-0.3, -0.25) is 4.79 Å². The van der Waals surface area contributed by atoms with Crippen molar-refractivity contribution in [2.75, 3.05) is 0 Å². The highest BCUT2D eigenvalue weighted by Crippen LogP contribution is 2.28. The van der Waals surface area contributed by atoms with E-state index in [4.69, 9.17) is 0 Å². The largest absolute Gasteiger partial charge is 0.341 e. The summed E-state index contributed by atoms with van der Waals surface area (Å²) in [7, 11) is 0. The predicted molar refractivity (Wildman–Crippen MR) is 130 cm³/mol. The maximum Gasteiger partial charge on any atom is 0.280 e. The molecule has 0 atom stereocenters. The van der Waals surface area contributed by atoms with E-state index in [9.17, 15) is 13.6 Å². The minimum absolute atomic E-state index is 0.0794. The van der Waals surface area contributed by atoms with Gasteiger partial charge >= 0.3 is 0 Å². The number of aromatic nitrogens is 3. The fourth-order valence-electron chi connectivity index (χ4n) is 4.03. The summed E-state index contributed by atoms with van der Waals surface area (Å²) in [5, 5.41) is 7.12. The standard InChI is InChI=1S/C28H22F2N4O/c1-18-12-14-19(15-13-18)23-16-24(26(29)30)34-27(32-23)22(17-31-34)28(35)33-25(20-8-4-2-5-9-20)21-10-6-3-7-11-21/h2-17,25-26H,1H3,(H,33,35). The van der Waals surface area contributed by atoms with E-state index < -0.39 is 18.4 Å². The molecule has 0 radical (unpaired) electrons. The fourth-order valence-corrected chi connectivity index (χ4v) is 4.03. The third kappa shape index (κ3) is 4.53. The number of amides is 1. The van der Waals surface area contributed by atoms with Gasteiger partial charge in [0.1, 0.15) is 11.3 Å². The van der Waals surface area contributed by atoms with Gasteiger partial charge < -0.3 is 5.32 Å². The number of fused-ring (bicyclic) bond motifs is 1. The van der Waals surface area contributed by atoms with Crippen LogP contribution in [-0.4, -0.2) is 20.5 Å². The number of benzene rings is 3. The second kappa shape index (κ2) is 9.46. The summed E-state index contributed by atoms with van der Waals surface area (Å²) in [5.41, 5.74) is 3.74. The number of carbonyl (C=O) groups is 1. The Balaban J connectivity index is 1.58. The molecule has 174 valence electrons. The molecule has 2 heterocycles. The molecule has 0 bridgehead atoms. The first-order valence-electron chi connectivity index (χ1n) is 11.2. The van der Waals surface area contributed by atoms with Gasteiger partial charge in [0, 0.05) is 5.56 Å². The summed E-state index contributed by atoms with van der Waals surface area (Å²) >= 11 is 0. The normalized spacial score (nSPS) is 11.3. The molecule has 0 spiro atoms. The van der Waals surface area contributed by atoms with Crippen molar-refractivity contribution < 1.29 is 13.6 Å². The van der Waals surface area contributed by atoms with Crippen LogP contribution in [0.4, 0.5) is 8.78 Å². The number of carbonyl (C=O) groups excluding carboxylic acids is 1. The van der Waals surface area contributed by atoms with Gasteiger partial charge in [-0.25, -0.2) is 18.3 Å². The first-order chi connectivity index (χ1) is 17.0. The second-order valence-corrected chi connectivity index (χ2v) is 8.25. The lowest BCUT2D eigenvalue weighted by atomic mass is 9.98. The van der Waals surface area contributed by atoms with Crippen molar-refractivity contribution in [3.05, 3.63) is 125 Å². The van der Waals surface area contributed by atoms with E-state index in [1.54, 1.807) is 0 Å². The van der Waals surface area contributed by atoms with Crippen molar-refractivity contribution in [3.63, 3.8) is 0 Å². The molecule has 2 aromatic heterocycles. The highest BCUT2D eigenvalue weighted by Gasteiger charge is 2.24. The number of aryl methyl sites for hydroxylation is 1. The van der Waals surface area contributed by atoms with Crippen molar-refractivity contribution in [1.29, 1.82) is 0 Å². The summed E-state index contributed by atoms with van der Waals surface area (Å²) < 4.78 is 28.9. The molecule has 5 aromatic rings. The average Bonchev–Trinajstić information content (AvgIpc) is 3.32. The van der Waals surface area contributed by atoms with E-state index in [2.05, 4.69) is 15.4 Å². The highest BCUT2D eigenvalue weighted by molar-refractivity contribution is 6.00. The van der Waals surface area contributed by atoms with Gasteiger partial charge in [-0.1, -0.05) is 90.5 Å². The number of nitrogens with zero attached hydrogens (tertiary/aromatic N) is 3. The molecule has 1 N–H and O–H groups in total. The minimum Gasteiger partial charge on any atom is -0.341 e. The lowest BCUT2D eigenvalue weighted by Gasteiger charge is -2.19. The topological polar surface area (TPSA) is 59.3 Å². The van der Waals surface area contributed by atoms with Gasteiger partial charge in [-0.2, -0.15) is 5.10 Å². The summed E-state index contributed by atoms with van der Waals surface area (Å²) in [5.74, 6) is -0.452. The Bertz CT molecular complexity index is 1430. The van der Waals surface area contributed by atoms with Crippen LogP contribution in [0.15, 0.2) is 97.2 Å². The molecule has 35 heavy (non-hydrogen) atoms. The monoisotopic (exact) mass is 468 g/mol. The molecule has 7 heteroatoms. The minimum atomic E-state index is -2.79. The summed E-state index contributed by atoms with van der Waals surface area (Å²) in [6.07, 6.45) is -1.50. The van der Waals surface area contributed by atoms with Crippen LogP contribution >= 0.6 is 0 Å². The van der Waals surface area contributed by atoms with Crippen molar-refractivity contribution >= 4 is 11.6 Å². The van der Waals surface area contributed by atoms with E-state index in [-0.39, 0.29) is 16.9 Å². The molecule has 0 saturated heterocycles. The van der Waals surface area contributed by atoms with Gasteiger partial charge in [0.15, 0.2) is 5.65 Å². The van der Waals surface area contributed by atoms with Crippen molar-refractivity contribution in [3.8, 4) is 11.3 Å². The molecule has 5 nitrogen and oxygen atoms in total. The summed E-state index contributed by atoms with van der Waals surface area (Å²) in [6.45, 7) is 1.94. The number of hydrogen-bond acceptors (Lipinski definition) is 3. The third-order valence-electron chi connectivity index (χ3n) is 5.86. The Morgan fingerprint density at radius 1 is 0.886 bits per heavy atom. The molecular formula is C28H22F2N4O. The zero-order valence-electron chi connectivity index (χ0n) is 18.9. The zero-order valence-corrected chi connectivity index (χ0v) is 18.9. The quantitative estimate of drug-likeness (QED) is 0.325. The van der Waals surface area contributed by atoms with Crippen LogP contribution in [0.3, 0.4) is 0 Å². The van der Waals surface area contributed by atoms with Crippen molar-refractivity contribution in [2.24, 2.45) is 0 Å². The van der Waals surface area contributed by atoms with Gasteiger partial charge in [0.2, 0.25) is 0 Å². The number of alkyl halides is 2. The predicted octanol–water partition coefficient (Wildman–Crippen LogP) is 6.16. The lowest BCUT2D eigenvalue weighted by Crippen LogP contribution is -2.29. The van der Waals surface area contributed by atoms with Crippen LogP contribution in [0, 0.1) is 6.92 Å². The summed E-state index contributed by atoms with van der Waals surface area (Å²) in [4.78, 5) is 18.0. The van der Waals surface area contributed by atoms with E-state index in [0.29, 0.717) is 11.3 Å². The first kappa shape index (κ1) is 22.4. The van der Waals surface area contributed by atoms with E-state index >= 15 is 0 Å².